The molecule has 0 heterocycles. The van der Waals surface area contributed by atoms with E-state index in [1.54, 1.807) is 13.0 Å². The van der Waals surface area contributed by atoms with Crippen molar-refractivity contribution in [3.63, 3.8) is 0 Å². The number of aryl methyl sites for hydroxylation is 2. The van der Waals surface area contributed by atoms with Gasteiger partial charge in [0.05, 0.1) is 6.10 Å². The summed E-state index contributed by atoms with van der Waals surface area (Å²) in [6.07, 6.45) is -0.779. The molecule has 1 atom stereocenters. The van der Waals surface area contributed by atoms with Crippen LogP contribution in [0.1, 0.15) is 29.7 Å². The van der Waals surface area contributed by atoms with E-state index < -0.39 is 6.10 Å². The first kappa shape index (κ1) is 12.8. The molecule has 94 valence electrons. The number of benzene rings is 2. The van der Waals surface area contributed by atoms with E-state index in [1.165, 1.54) is 17.2 Å². The lowest BCUT2D eigenvalue weighted by atomic mass is 9.98. The zero-order valence-corrected chi connectivity index (χ0v) is 10.9. The van der Waals surface area contributed by atoms with Crippen LogP contribution in [0.15, 0.2) is 36.4 Å². The molecule has 0 aliphatic rings. The highest BCUT2D eigenvalue weighted by molar-refractivity contribution is 5.65. The molecular formula is C16H17FO. The zero-order chi connectivity index (χ0) is 13.3. The third-order valence-corrected chi connectivity index (χ3v) is 3.29. The van der Waals surface area contributed by atoms with Crippen LogP contribution in [0.4, 0.5) is 4.39 Å². The standard InChI is InChI=1S/C16H17FO/c1-10-4-5-13(8-11(10)2)14-6-7-15(12(3)18)16(17)9-14/h4-9,12,18H,1-3H3. The van der Waals surface area contributed by atoms with Crippen molar-refractivity contribution in [3.05, 3.63) is 58.9 Å². The van der Waals surface area contributed by atoms with Crippen LogP contribution in [-0.2, 0) is 0 Å². The summed E-state index contributed by atoms with van der Waals surface area (Å²) in [7, 11) is 0. The van der Waals surface area contributed by atoms with E-state index in [-0.39, 0.29) is 5.82 Å². The Bertz CT molecular complexity index is 573. The van der Waals surface area contributed by atoms with Gasteiger partial charge in [0.1, 0.15) is 5.82 Å². The lowest BCUT2D eigenvalue weighted by Gasteiger charge is -2.10. The van der Waals surface area contributed by atoms with Crippen LogP contribution >= 0.6 is 0 Å². The fourth-order valence-electron chi connectivity index (χ4n) is 1.97. The first-order valence-electron chi connectivity index (χ1n) is 6.04. The van der Waals surface area contributed by atoms with Gasteiger partial charge in [-0.25, -0.2) is 4.39 Å². The molecule has 0 aliphatic carbocycles. The summed E-state index contributed by atoms with van der Waals surface area (Å²) >= 11 is 0. The molecule has 0 spiro atoms. The number of aliphatic hydroxyl groups excluding tert-OH is 1. The molecule has 1 unspecified atom stereocenters. The average Bonchev–Trinajstić information content (AvgIpc) is 2.32. The van der Waals surface area contributed by atoms with Crippen molar-refractivity contribution in [3.8, 4) is 11.1 Å². The van der Waals surface area contributed by atoms with Gasteiger partial charge in [-0.3, -0.25) is 0 Å². The molecule has 0 aliphatic heterocycles. The second-order valence-electron chi connectivity index (χ2n) is 4.71. The van der Waals surface area contributed by atoms with Gasteiger partial charge in [-0.15, -0.1) is 0 Å². The van der Waals surface area contributed by atoms with Gasteiger partial charge in [0.15, 0.2) is 0 Å². The molecule has 1 N–H and O–H groups in total. The molecule has 0 bridgehead atoms. The lowest BCUT2D eigenvalue weighted by molar-refractivity contribution is 0.194. The van der Waals surface area contributed by atoms with Crippen LogP contribution in [0.5, 0.6) is 0 Å². The van der Waals surface area contributed by atoms with Crippen LogP contribution in [-0.4, -0.2) is 5.11 Å². The quantitative estimate of drug-likeness (QED) is 0.840. The van der Waals surface area contributed by atoms with Crippen LogP contribution in [0.3, 0.4) is 0 Å². The fourth-order valence-corrected chi connectivity index (χ4v) is 1.97. The molecule has 2 heteroatoms. The number of hydrogen-bond acceptors (Lipinski definition) is 1. The van der Waals surface area contributed by atoms with E-state index in [0.717, 1.165) is 11.1 Å². The molecule has 0 fully saturated rings. The highest BCUT2D eigenvalue weighted by atomic mass is 19.1. The molecular weight excluding hydrogens is 227 g/mol. The second-order valence-corrected chi connectivity index (χ2v) is 4.71. The Labute approximate surface area is 107 Å². The van der Waals surface area contributed by atoms with Crippen molar-refractivity contribution in [1.29, 1.82) is 0 Å². The Kier molecular flexibility index (Phi) is 3.48. The SMILES string of the molecule is Cc1ccc(-c2ccc(C(C)O)c(F)c2)cc1C. The summed E-state index contributed by atoms with van der Waals surface area (Å²) in [6.45, 7) is 5.66. The molecule has 2 aromatic rings. The first-order chi connectivity index (χ1) is 8.49. The van der Waals surface area contributed by atoms with Gasteiger partial charge in [-0.2, -0.15) is 0 Å². The van der Waals surface area contributed by atoms with Crippen LogP contribution in [0.25, 0.3) is 11.1 Å². The van der Waals surface area contributed by atoms with Crippen molar-refractivity contribution >= 4 is 0 Å². The van der Waals surface area contributed by atoms with Crippen molar-refractivity contribution < 1.29 is 9.50 Å². The van der Waals surface area contributed by atoms with Crippen molar-refractivity contribution in [2.75, 3.05) is 0 Å². The van der Waals surface area contributed by atoms with Crippen LogP contribution in [0, 0.1) is 19.7 Å². The summed E-state index contributed by atoms with van der Waals surface area (Å²) < 4.78 is 13.8. The predicted molar refractivity (Wildman–Crippen MR) is 71.9 cm³/mol. The lowest BCUT2D eigenvalue weighted by Crippen LogP contribution is -1.96. The molecule has 0 amide bonds. The minimum absolute atomic E-state index is 0.336. The topological polar surface area (TPSA) is 20.2 Å². The molecule has 2 rings (SSSR count). The van der Waals surface area contributed by atoms with E-state index in [9.17, 15) is 9.50 Å². The highest BCUT2D eigenvalue weighted by Crippen LogP contribution is 2.26. The van der Waals surface area contributed by atoms with E-state index in [4.69, 9.17) is 0 Å². The van der Waals surface area contributed by atoms with Gasteiger partial charge in [-0.1, -0.05) is 30.3 Å². The third-order valence-electron chi connectivity index (χ3n) is 3.29. The van der Waals surface area contributed by atoms with E-state index in [1.807, 2.05) is 31.2 Å². The number of aliphatic hydroxyl groups is 1. The maximum Gasteiger partial charge on any atom is 0.129 e. The largest absolute Gasteiger partial charge is 0.389 e. The molecule has 18 heavy (non-hydrogen) atoms. The Morgan fingerprint density at radius 2 is 1.56 bits per heavy atom. The summed E-state index contributed by atoms with van der Waals surface area (Å²) in [4.78, 5) is 0. The minimum atomic E-state index is -0.779. The predicted octanol–water partition coefficient (Wildman–Crippen LogP) is 4.16. The fraction of sp³-hybridized carbons (Fsp3) is 0.250. The number of halogens is 1. The Hall–Kier alpha value is -1.67. The Morgan fingerprint density at radius 1 is 0.944 bits per heavy atom. The maximum absolute atomic E-state index is 13.8. The Morgan fingerprint density at radius 3 is 2.11 bits per heavy atom. The molecule has 0 saturated carbocycles. The molecule has 0 saturated heterocycles. The molecule has 0 radical (unpaired) electrons. The normalized spacial score (nSPS) is 12.5. The Balaban J connectivity index is 2.45. The summed E-state index contributed by atoms with van der Waals surface area (Å²) in [5.41, 5.74) is 4.57. The molecule has 2 aromatic carbocycles. The van der Waals surface area contributed by atoms with Crippen molar-refractivity contribution in [1.82, 2.24) is 0 Å². The average molecular weight is 244 g/mol. The van der Waals surface area contributed by atoms with Crippen LogP contribution in [0.2, 0.25) is 0 Å². The van der Waals surface area contributed by atoms with Gasteiger partial charge < -0.3 is 5.11 Å². The van der Waals surface area contributed by atoms with E-state index in [2.05, 4.69) is 6.92 Å². The van der Waals surface area contributed by atoms with Crippen LogP contribution < -0.4 is 0 Å². The number of hydrogen-bond donors (Lipinski definition) is 1. The van der Waals surface area contributed by atoms with E-state index >= 15 is 0 Å². The van der Waals surface area contributed by atoms with Gasteiger partial charge in [0.25, 0.3) is 0 Å². The zero-order valence-electron chi connectivity index (χ0n) is 10.9. The second kappa shape index (κ2) is 4.91. The smallest absolute Gasteiger partial charge is 0.129 e. The monoisotopic (exact) mass is 244 g/mol. The summed E-state index contributed by atoms with van der Waals surface area (Å²) in [5.74, 6) is -0.360. The maximum atomic E-state index is 13.8. The van der Waals surface area contributed by atoms with Gasteiger partial charge in [-0.05, 0) is 49.1 Å². The van der Waals surface area contributed by atoms with Gasteiger partial charge >= 0.3 is 0 Å². The minimum Gasteiger partial charge on any atom is -0.389 e. The van der Waals surface area contributed by atoms with Crippen molar-refractivity contribution in [2.24, 2.45) is 0 Å². The van der Waals surface area contributed by atoms with Gasteiger partial charge in [0.2, 0.25) is 0 Å². The summed E-state index contributed by atoms with van der Waals surface area (Å²) in [5, 5.41) is 9.41. The highest BCUT2D eigenvalue weighted by Gasteiger charge is 2.09. The molecule has 1 nitrogen and oxygen atoms in total. The van der Waals surface area contributed by atoms with Crippen molar-refractivity contribution in [2.45, 2.75) is 26.9 Å². The van der Waals surface area contributed by atoms with Gasteiger partial charge in [0, 0.05) is 5.56 Å². The first-order valence-corrected chi connectivity index (χ1v) is 6.04. The third kappa shape index (κ3) is 2.44. The summed E-state index contributed by atoms with van der Waals surface area (Å²) in [6, 6.07) is 11.0. The molecule has 0 aromatic heterocycles. The number of rotatable bonds is 2. The van der Waals surface area contributed by atoms with E-state index in [0.29, 0.717) is 5.56 Å².